The molecule has 2 heterocycles. The summed E-state index contributed by atoms with van der Waals surface area (Å²) >= 11 is 0. The van der Waals surface area contributed by atoms with Gasteiger partial charge in [0.15, 0.2) is 5.58 Å². The Labute approximate surface area is 329 Å². The molecule has 0 N–H and O–H groups in total. The van der Waals surface area contributed by atoms with Crippen LogP contribution in [0.2, 0.25) is 0 Å². The van der Waals surface area contributed by atoms with Crippen LogP contribution < -0.4 is 4.90 Å². The third-order valence-electron chi connectivity index (χ3n) is 10.9. The Bertz CT molecular complexity index is 3220. The average Bonchev–Trinajstić information content (AvgIpc) is 3.87. The van der Waals surface area contributed by atoms with Gasteiger partial charge in [-0.2, -0.15) is 0 Å². The maximum absolute atomic E-state index is 6.43. The zero-order valence-electron chi connectivity index (χ0n) is 30.8. The van der Waals surface area contributed by atoms with Crippen molar-refractivity contribution in [2.24, 2.45) is 0 Å². The van der Waals surface area contributed by atoms with E-state index in [2.05, 4.69) is 169 Å². The molecular formula is C53H34N2O2. The largest absolute Gasteiger partial charge is 0.456 e. The summed E-state index contributed by atoms with van der Waals surface area (Å²) in [5.74, 6) is 0.598. The molecular weight excluding hydrogens is 697 g/mol. The number of hydrogen-bond donors (Lipinski definition) is 0. The van der Waals surface area contributed by atoms with Gasteiger partial charge in [-0.1, -0.05) is 133 Å². The van der Waals surface area contributed by atoms with Crippen LogP contribution in [0.1, 0.15) is 0 Å². The van der Waals surface area contributed by atoms with E-state index in [0.29, 0.717) is 11.5 Å². The Morgan fingerprint density at radius 1 is 0.351 bits per heavy atom. The first-order chi connectivity index (χ1) is 28.2. The molecule has 0 bridgehead atoms. The molecule has 57 heavy (non-hydrogen) atoms. The predicted molar refractivity (Wildman–Crippen MR) is 235 cm³/mol. The van der Waals surface area contributed by atoms with Gasteiger partial charge in [0, 0.05) is 39.5 Å². The average molecular weight is 731 g/mol. The number of rotatable bonds is 7. The molecule has 11 rings (SSSR count). The lowest BCUT2D eigenvalue weighted by atomic mass is 9.98. The van der Waals surface area contributed by atoms with Crippen molar-refractivity contribution in [1.29, 1.82) is 0 Å². The molecule has 0 unspecified atom stereocenters. The monoisotopic (exact) mass is 730 g/mol. The van der Waals surface area contributed by atoms with E-state index in [-0.39, 0.29) is 0 Å². The van der Waals surface area contributed by atoms with Crippen LogP contribution in [0.25, 0.3) is 88.6 Å². The minimum absolute atomic E-state index is 0.598. The van der Waals surface area contributed by atoms with Gasteiger partial charge in [-0.15, -0.1) is 0 Å². The predicted octanol–water partition coefficient (Wildman–Crippen LogP) is 15.0. The van der Waals surface area contributed by atoms with Gasteiger partial charge in [0.2, 0.25) is 5.89 Å². The van der Waals surface area contributed by atoms with Crippen LogP contribution in [0.3, 0.4) is 0 Å². The standard InChI is InChI=1S/C53H34N2O2/c1-3-11-35(12-4-1)41-17-9-18-45(32-41)55(43-27-23-37(24-28-43)42-22-21-36-13-7-8-16-40(36)31-42)44-29-25-38(26-30-44)46-19-10-20-49-52(46)47-33-48-51(34-50(47)56-49)57-53(54-48)39-14-5-2-6-15-39/h1-34H. The van der Waals surface area contributed by atoms with Gasteiger partial charge in [0.05, 0.1) is 0 Å². The van der Waals surface area contributed by atoms with Crippen molar-refractivity contribution in [3.05, 3.63) is 206 Å². The topological polar surface area (TPSA) is 42.4 Å². The Morgan fingerprint density at radius 2 is 0.965 bits per heavy atom. The molecule has 0 fully saturated rings. The fourth-order valence-electron chi connectivity index (χ4n) is 8.06. The van der Waals surface area contributed by atoms with Crippen molar-refractivity contribution in [2.45, 2.75) is 0 Å². The zero-order valence-corrected chi connectivity index (χ0v) is 30.8. The molecule has 0 saturated heterocycles. The van der Waals surface area contributed by atoms with Crippen molar-refractivity contribution in [1.82, 2.24) is 4.98 Å². The lowest BCUT2D eigenvalue weighted by Crippen LogP contribution is -2.10. The first kappa shape index (κ1) is 32.7. The van der Waals surface area contributed by atoms with Gasteiger partial charge in [-0.3, -0.25) is 0 Å². The molecule has 9 aromatic carbocycles. The first-order valence-electron chi connectivity index (χ1n) is 19.2. The first-order valence-corrected chi connectivity index (χ1v) is 19.2. The maximum atomic E-state index is 6.43. The molecule has 0 aliphatic carbocycles. The summed E-state index contributed by atoms with van der Waals surface area (Å²) in [6, 6.07) is 72.5. The highest BCUT2D eigenvalue weighted by Gasteiger charge is 2.18. The molecule has 0 radical (unpaired) electrons. The molecule has 0 saturated carbocycles. The second-order valence-electron chi connectivity index (χ2n) is 14.4. The van der Waals surface area contributed by atoms with Crippen LogP contribution in [-0.4, -0.2) is 4.98 Å². The number of furan rings is 1. The number of nitrogens with zero attached hydrogens (tertiary/aromatic N) is 2. The minimum Gasteiger partial charge on any atom is -0.456 e. The normalized spacial score (nSPS) is 11.5. The second kappa shape index (κ2) is 13.6. The quantitative estimate of drug-likeness (QED) is 0.164. The van der Waals surface area contributed by atoms with Gasteiger partial charge in [-0.25, -0.2) is 4.98 Å². The maximum Gasteiger partial charge on any atom is 0.227 e. The van der Waals surface area contributed by atoms with E-state index in [1.54, 1.807) is 0 Å². The molecule has 0 spiro atoms. The highest BCUT2D eigenvalue weighted by atomic mass is 16.4. The SMILES string of the molecule is c1ccc(-c2cccc(N(c3ccc(-c4ccc5ccccc5c4)cc3)c3ccc(-c4cccc5oc6cc7oc(-c8ccccc8)nc7cc6c45)cc3)c2)cc1. The van der Waals surface area contributed by atoms with Crippen LogP contribution in [0.4, 0.5) is 17.1 Å². The molecule has 0 atom stereocenters. The summed E-state index contributed by atoms with van der Waals surface area (Å²) in [6.45, 7) is 0. The molecule has 4 nitrogen and oxygen atoms in total. The number of aromatic nitrogens is 1. The summed E-state index contributed by atoms with van der Waals surface area (Å²) in [6.07, 6.45) is 0. The highest BCUT2D eigenvalue weighted by Crippen LogP contribution is 2.42. The van der Waals surface area contributed by atoms with Crippen molar-refractivity contribution in [3.8, 4) is 44.8 Å². The summed E-state index contributed by atoms with van der Waals surface area (Å²) in [5, 5.41) is 4.55. The minimum atomic E-state index is 0.598. The molecule has 0 aliphatic rings. The highest BCUT2D eigenvalue weighted by molar-refractivity contribution is 6.15. The second-order valence-corrected chi connectivity index (χ2v) is 14.4. The van der Waals surface area contributed by atoms with Crippen LogP contribution >= 0.6 is 0 Å². The van der Waals surface area contributed by atoms with Crippen molar-refractivity contribution < 1.29 is 8.83 Å². The van der Waals surface area contributed by atoms with Gasteiger partial charge in [0.25, 0.3) is 0 Å². The summed E-state index contributed by atoms with van der Waals surface area (Å²) in [5.41, 5.74) is 14.2. The van der Waals surface area contributed by atoms with Gasteiger partial charge < -0.3 is 13.7 Å². The van der Waals surface area contributed by atoms with Crippen LogP contribution in [0.5, 0.6) is 0 Å². The van der Waals surface area contributed by atoms with Crippen LogP contribution in [-0.2, 0) is 0 Å². The van der Waals surface area contributed by atoms with Gasteiger partial charge >= 0.3 is 0 Å². The lowest BCUT2D eigenvalue weighted by Gasteiger charge is -2.26. The number of hydrogen-bond acceptors (Lipinski definition) is 4. The van der Waals surface area contributed by atoms with Crippen LogP contribution in [0, 0.1) is 0 Å². The van der Waals surface area contributed by atoms with E-state index in [1.807, 2.05) is 42.5 Å². The third-order valence-corrected chi connectivity index (χ3v) is 10.9. The van der Waals surface area contributed by atoms with E-state index in [4.69, 9.17) is 13.8 Å². The Hall–Kier alpha value is -7.69. The summed E-state index contributed by atoms with van der Waals surface area (Å²) in [4.78, 5) is 7.19. The lowest BCUT2D eigenvalue weighted by molar-refractivity contribution is 0.617. The Morgan fingerprint density at radius 3 is 1.74 bits per heavy atom. The summed E-state index contributed by atoms with van der Waals surface area (Å²) < 4.78 is 12.6. The molecule has 2 aromatic heterocycles. The van der Waals surface area contributed by atoms with E-state index in [1.165, 1.54) is 27.5 Å². The fraction of sp³-hybridized carbons (Fsp3) is 0. The van der Waals surface area contributed by atoms with E-state index < -0.39 is 0 Å². The van der Waals surface area contributed by atoms with Crippen molar-refractivity contribution >= 4 is 60.9 Å². The molecule has 268 valence electrons. The zero-order chi connectivity index (χ0) is 37.7. The van der Waals surface area contributed by atoms with E-state index in [9.17, 15) is 0 Å². The number of benzene rings is 9. The number of fused-ring (bicyclic) bond motifs is 5. The van der Waals surface area contributed by atoms with Crippen molar-refractivity contribution in [3.63, 3.8) is 0 Å². The van der Waals surface area contributed by atoms with Gasteiger partial charge in [-0.05, 0) is 111 Å². The van der Waals surface area contributed by atoms with E-state index >= 15 is 0 Å². The Kier molecular flexibility index (Phi) is 7.78. The number of oxazole rings is 1. The molecule has 4 heteroatoms. The smallest absolute Gasteiger partial charge is 0.227 e. The van der Waals surface area contributed by atoms with Crippen LogP contribution in [0.15, 0.2) is 215 Å². The van der Waals surface area contributed by atoms with Crippen molar-refractivity contribution in [2.75, 3.05) is 4.90 Å². The Balaban J connectivity index is 0.994. The molecule has 0 amide bonds. The molecule has 11 aromatic rings. The van der Waals surface area contributed by atoms with Gasteiger partial charge in [0.1, 0.15) is 16.7 Å². The third kappa shape index (κ3) is 5.92. The molecule has 0 aliphatic heterocycles. The van der Waals surface area contributed by atoms with E-state index in [0.717, 1.165) is 66.8 Å². The number of anilines is 3. The summed E-state index contributed by atoms with van der Waals surface area (Å²) in [7, 11) is 0. The fourth-order valence-corrected chi connectivity index (χ4v) is 8.06.